The lowest BCUT2D eigenvalue weighted by Crippen LogP contribution is -2.45. The van der Waals surface area contributed by atoms with E-state index in [0.717, 1.165) is 32.7 Å². The van der Waals surface area contributed by atoms with E-state index in [4.69, 9.17) is 9.84 Å². The number of aromatic amines is 1. The summed E-state index contributed by atoms with van der Waals surface area (Å²) in [6, 6.07) is 0.324. The summed E-state index contributed by atoms with van der Waals surface area (Å²) in [5, 5.41) is 9.04. The molecule has 2 N–H and O–H groups in total. The number of aromatic nitrogens is 2. The molecule has 0 aliphatic carbocycles. The van der Waals surface area contributed by atoms with Crippen LogP contribution < -0.4 is 0 Å². The number of nitrogens with zero attached hydrogens (tertiary/aromatic N) is 3. The molecule has 2 aliphatic heterocycles. The van der Waals surface area contributed by atoms with E-state index >= 15 is 0 Å². The molecule has 3 rings (SSSR count). The molecule has 1 unspecified atom stereocenters. The Morgan fingerprint density at radius 2 is 2.10 bits per heavy atom. The lowest BCUT2D eigenvalue weighted by atomic mass is 10.2. The number of carbonyl (C=O) groups is 2. The molecule has 0 aromatic carbocycles. The predicted octanol–water partition coefficient (Wildman–Crippen LogP) is -0.345. The fourth-order valence-electron chi connectivity index (χ4n) is 2.94. The van der Waals surface area contributed by atoms with Crippen LogP contribution in [-0.2, 0) is 4.74 Å². The normalized spacial score (nSPS) is 23.4. The summed E-state index contributed by atoms with van der Waals surface area (Å²) in [5.41, 5.74) is -0.153. The molecule has 2 fully saturated rings. The summed E-state index contributed by atoms with van der Waals surface area (Å²) in [4.78, 5) is 33.8. The molecule has 3 heterocycles. The van der Waals surface area contributed by atoms with E-state index in [1.807, 2.05) is 0 Å². The number of likely N-dealkylation sites (tertiary alicyclic amines) is 1. The van der Waals surface area contributed by atoms with Gasteiger partial charge >= 0.3 is 5.97 Å². The zero-order valence-electron chi connectivity index (χ0n) is 11.6. The van der Waals surface area contributed by atoms with Gasteiger partial charge in [0.25, 0.3) is 5.91 Å². The van der Waals surface area contributed by atoms with Crippen LogP contribution in [0.4, 0.5) is 0 Å². The quantitative estimate of drug-likeness (QED) is 0.791. The number of H-pyrrole nitrogens is 1. The third kappa shape index (κ3) is 2.77. The monoisotopic (exact) mass is 294 g/mol. The van der Waals surface area contributed by atoms with E-state index in [1.165, 1.54) is 6.33 Å². The van der Waals surface area contributed by atoms with Gasteiger partial charge in [-0.2, -0.15) is 0 Å². The van der Waals surface area contributed by atoms with E-state index in [-0.39, 0.29) is 17.3 Å². The average molecular weight is 294 g/mol. The number of carbonyl (C=O) groups excluding carboxylic acids is 1. The molecule has 114 valence electrons. The van der Waals surface area contributed by atoms with Crippen LogP contribution in [0.5, 0.6) is 0 Å². The van der Waals surface area contributed by atoms with Crippen LogP contribution in [-0.4, -0.2) is 82.2 Å². The third-order valence-corrected chi connectivity index (χ3v) is 4.07. The Balaban J connectivity index is 1.66. The van der Waals surface area contributed by atoms with Gasteiger partial charge in [-0.25, -0.2) is 9.78 Å². The van der Waals surface area contributed by atoms with Crippen LogP contribution in [0, 0.1) is 0 Å². The van der Waals surface area contributed by atoms with E-state index in [1.54, 1.807) is 4.90 Å². The summed E-state index contributed by atoms with van der Waals surface area (Å²) in [6.45, 7) is 4.47. The van der Waals surface area contributed by atoms with Crippen molar-refractivity contribution in [3.05, 3.63) is 17.7 Å². The van der Waals surface area contributed by atoms with E-state index in [0.29, 0.717) is 19.1 Å². The number of carboxylic acids is 1. The molecule has 8 heteroatoms. The minimum atomic E-state index is -1.17. The first-order valence-electron chi connectivity index (χ1n) is 7.04. The molecule has 8 nitrogen and oxygen atoms in total. The third-order valence-electron chi connectivity index (χ3n) is 4.07. The molecule has 1 aromatic rings. The molecule has 1 atom stereocenters. The van der Waals surface area contributed by atoms with Crippen molar-refractivity contribution in [2.45, 2.75) is 12.5 Å². The maximum atomic E-state index is 12.4. The Morgan fingerprint density at radius 3 is 2.81 bits per heavy atom. The summed E-state index contributed by atoms with van der Waals surface area (Å²) in [7, 11) is 0. The van der Waals surface area contributed by atoms with Crippen molar-refractivity contribution in [3.8, 4) is 0 Å². The number of imidazole rings is 1. The second-order valence-electron chi connectivity index (χ2n) is 5.27. The Bertz CT molecular complexity index is 538. The fraction of sp³-hybridized carbons (Fsp3) is 0.615. The standard InChI is InChI=1S/C13H18N4O4/c18-12(10-11(13(19)20)15-8-14-10)17-2-1-9(7-17)16-3-5-21-6-4-16/h8-9H,1-7H2,(H,14,15)(H,19,20). The van der Waals surface area contributed by atoms with E-state index < -0.39 is 5.97 Å². The SMILES string of the molecule is O=C(O)c1[nH]cnc1C(=O)N1CCC(N2CCOCC2)C1. The molecule has 0 spiro atoms. The first-order valence-corrected chi connectivity index (χ1v) is 7.04. The van der Waals surface area contributed by atoms with Crippen LogP contribution in [0.25, 0.3) is 0 Å². The van der Waals surface area contributed by atoms with E-state index in [2.05, 4.69) is 14.9 Å². The highest BCUT2D eigenvalue weighted by molar-refractivity contribution is 6.02. The second kappa shape index (κ2) is 5.82. The van der Waals surface area contributed by atoms with Gasteiger partial charge in [-0.1, -0.05) is 0 Å². The molecule has 2 aliphatic rings. The summed E-state index contributed by atoms with van der Waals surface area (Å²) >= 11 is 0. The van der Waals surface area contributed by atoms with Crippen LogP contribution >= 0.6 is 0 Å². The Kier molecular flexibility index (Phi) is 3.89. The molecule has 1 amide bonds. The Hall–Kier alpha value is -1.93. The van der Waals surface area contributed by atoms with Crippen molar-refractivity contribution in [3.63, 3.8) is 0 Å². The number of ether oxygens (including phenoxy) is 1. The minimum absolute atomic E-state index is 0.00914. The first kappa shape index (κ1) is 14.0. The predicted molar refractivity (Wildman–Crippen MR) is 72.2 cm³/mol. The molecule has 0 bridgehead atoms. The maximum Gasteiger partial charge on any atom is 0.354 e. The lowest BCUT2D eigenvalue weighted by Gasteiger charge is -2.32. The van der Waals surface area contributed by atoms with Crippen LogP contribution in [0.1, 0.15) is 27.4 Å². The van der Waals surface area contributed by atoms with Crippen molar-refractivity contribution in [2.24, 2.45) is 0 Å². The van der Waals surface area contributed by atoms with Gasteiger partial charge in [-0.05, 0) is 6.42 Å². The summed E-state index contributed by atoms with van der Waals surface area (Å²) in [6.07, 6.45) is 2.14. The topological polar surface area (TPSA) is 98.8 Å². The van der Waals surface area contributed by atoms with Gasteiger partial charge in [-0.15, -0.1) is 0 Å². The Labute approximate surface area is 121 Å². The van der Waals surface area contributed by atoms with E-state index in [9.17, 15) is 9.59 Å². The van der Waals surface area contributed by atoms with Crippen LogP contribution in [0.2, 0.25) is 0 Å². The minimum Gasteiger partial charge on any atom is -0.477 e. The summed E-state index contributed by atoms with van der Waals surface area (Å²) in [5.74, 6) is -1.48. The number of aromatic carboxylic acids is 1. The number of hydrogen-bond acceptors (Lipinski definition) is 5. The number of morpholine rings is 1. The van der Waals surface area contributed by atoms with Crippen molar-refractivity contribution in [1.82, 2.24) is 19.8 Å². The molecule has 21 heavy (non-hydrogen) atoms. The van der Waals surface area contributed by atoms with Gasteiger partial charge in [0, 0.05) is 32.2 Å². The zero-order chi connectivity index (χ0) is 14.8. The van der Waals surface area contributed by atoms with Crippen LogP contribution in [0.15, 0.2) is 6.33 Å². The maximum absolute atomic E-state index is 12.4. The second-order valence-corrected chi connectivity index (χ2v) is 5.27. The lowest BCUT2D eigenvalue weighted by molar-refractivity contribution is 0.0185. The largest absolute Gasteiger partial charge is 0.477 e. The zero-order valence-corrected chi connectivity index (χ0v) is 11.6. The van der Waals surface area contributed by atoms with Crippen molar-refractivity contribution in [1.29, 1.82) is 0 Å². The molecule has 2 saturated heterocycles. The molecular formula is C13H18N4O4. The number of amides is 1. The van der Waals surface area contributed by atoms with Gasteiger partial charge < -0.3 is 19.7 Å². The number of carboxylic acid groups (broad SMARTS) is 1. The molecular weight excluding hydrogens is 276 g/mol. The van der Waals surface area contributed by atoms with Gasteiger partial charge in [0.2, 0.25) is 0 Å². The highest BCUT2D eigenvalue weighted by Gasteiger charge is 2.33. The van der Waals surface area contributed by atoms with Gasteiger partial charge in [0.1, 0.15) is 0 Å². The molecule has 0 radical (unpaired) electrons. The molecule has 1 aromatic heterocycles. The van der Waals surface area contributed by atoms with Crippen molar-refractivity contribution < 1.29 is 19.4 Å². The number of rotatable bonds is 3. The number of nitrogens with one attached hydrogen (secondary N) is 1. The van der Waals surface area contributed by atoms with Gasteiger partial charge in [0.05, 0.1) is 19.5 Å². The van der Waals surface area contributed by atoms with Crippen molar-refractivity contribution >= 4 is 11.9 Å². The number of hydrogen-bond donors (Lipinski definition) is 2. The summed E-state index contributed by atoms with van der Waals surface area (Å²) < 4.78 is 5.33. The van der Waals surface area contributed by atoms with Gasteiger partial charge in [0.15, 0.2) is 11.4 Å². The molecule has 0 saturated carbocycles. The first-order chi connectivity index (χ1) is 10.2. The Morgan fingerprint density at radius 1 is 1.33 bits per heavy atom. The fourth-order valence-corrected chi connectivity index (χ4v) is 2.94. The highest BCUT2D eigenvalue weighted by Crippen LogP contribution is 2.19. The average Bonchev–Trinajstić information content (AvgIpc) is 3.17. The highest BCUT2D eigenvalue weighted by atomic mass is 16.5. The van der Waals surface area contributed by atoms with Crippen LogP contribution in [0.3, 0.4) is 0 Å². The van der Waals surface area contributed by atoms with Gasteiger partial charge in [-0.3, -0.25) is 9.69 Å². The smallest absolute Gasteiger partial charge is 0.354 e. The van der Waals surface area contributed by atoms with Crippen molar-refractivity contribution in [2.75, 3.05) is 39.4 Å².